The van der Waals surface area contributed by atoms with Crippen LogP contribution in [0.3, 0.4) is 0 Å². The number of ether oxygens (including phenoxy) is 1. The smallest absolute Gasteiger partial charge is 0.408 e. The van der Waals surface area contributed by atoms with E-state index in [0.717, 1.165) is 5.56 Å². The van der Waals surface area contributed by atoms with Crippen LogP contribution in [0.1, 0.15) is 12.5 Å². The molecule has 0 spiro atoms. The van der Waals surface area contributed by atoms with Crippen LogP contribution in [0.4, 0.5) is 4.79 Å². The number of nitrogens with one attached hydrogen (secondary N) is 3. The van der Waals surface area contributed by atoms with Gasteiger partial charge in [-0.05, 0) is 12.5 Å². The highest BCUT2D eigenvalue weighted by Gasteiger charge is 2.20. The van der Waals surface area contributed by atoms with E-state index in [9.17, 15) is 14.4 Å². The van der Waals surface area contributed by atoms with Crippen LogP contribution in [0.25, 0.3) is 0 Å². The summed E-state index contributed by atoms with van der Waals surface area (Å²) in [5, 5.41) is 16.2. The van der Waals surface area contributed by atoms with E-state index in [2.05, 4.69) is 16.0 Å². The Labute approximate surface area is 134 Å². The van der Waals surface area contributed by atoms with E-state index in [0.29, 0.717) is 6.54 Å². The molecule has 0 aliphatic heterocycles. The van der Waals surface area contributed by atoms with Gasteiger partial charge in [-0.15, -0.1) is 0 Å². The topological polar surface area (TPSA) is 117 Å². The normalized spacial score (nSPS) is 11.2. The fourth-order valence-corrected chi connectivity index (χ4v) is 1.65. The highest BCUT2D eigenvalue weighted by Crippen LogP contribution is 2.00. The maximum absolute atomic E-state index is 11.8. The number of hydrogen-bond donors (Lipinski definition) is 4. The first-order valence-electron chi connectivity index (χ1n) is 7.19. The molecule has 0 radical (unpaired) electrons. The number of benzene rings is 1. The van der Waals surface area contributed by atoms with Gasteiger partial charge in [0.15, 0.2) is 0 Å². The summed E-state index contributed by atoms with van der Waals surface area (Å²) in [4.78, 5) is 34.6. The maximum Gasteiger partial charge on any atom is 0.408 e. The molecular weight excluding hydrogens is 302 g/mol. The van der Waals surface area contributed by atoms with Crippen molar-refractivity contribution in [2.24, 2.45) is 0 Å². The predicted octanol–water partition coefficient (Wildman–Crippen LogP) is -0.474. The van der Waals surface area contributed by atoms with Crippen molar-refractivity contribution >= 4 is 17.9 Å². The Morgan fingerprint density at radius 2 is 1.87 bits per heavy atom. The van der Waals surface area contributed by atoms with Crippen molar-refractivity contribution in [1.29, 1.82) is 0 Å². The lowest BCUT2D eigenvalue weighted by atomic mass is 10.2. The Bertz CT molecular complexity index is 521. The van der Waals surface area contributed by atoms with Gasteiger partial charge in [-0.25, -0.2) is 4.79 Å². The minimum Gasteiger partial charge on any atom is -0.445 e. The Morgan fingerprint density at radius 1 is 1.17 bits per heavy atom. The Kier molecular flexibility index (Phi) is 8.16. The monoisotopic (exact) mass is 323 g/mol. The minimum absolute atomic E-state index is 0.0470. The summed E-state index contributed by atoms with van der Waals surface area (Å²) in [6.07, 6.45) is -0.832. The van der Waals surface area contributed by atoms with Gasteiger partial charge in [-0.1, -0.05) is 30.3 Å². The summed E-state index contributed by atoms with van der Waals surface area (Å²) in [6, 6.07) is 7.84. The van der Waals surface area contributed by atoms with Crippen LogP contribution in [-0.2, 0) is 20.9 Å². The lowest BCUT2D eigenvalue weighted by molar-refractivity contribution is -0.127. The van der Waals surface area contributed by atoms with Crippen LogP contribution < -0.4 is 16.0 Å². The van der Waals surface area contributed by atoms with E-state index in [4.69, 9.17) is 9.84 Å². The fourth-order valence-electron chi connectivity index (χ4n) is 1.65. The first-order chi connectivity index (χ1) is 11.1. The van der Waals surface area contributed by atoms with E-state index < -0.39 is 24.6 Å². The Balaban J connectivity index is 2.37. The lowest BCUT2D eigenvalue weighted by Gasteiger charge is -2.16. The molecule has 1 rings (SSSR count). The molecule has 8 heteroatoms. The Morgan fingerprint density at radius 3 is 2.48 bits per heavy atom. The second-order valence-corrected chi connectivity index (χ2v) is 4.61. The summed E-state index contributed by atoms with van der Waals surface area (Å²) in [7, 11) is 0. The van der Waals surface area contributed by atoms with Gasteiger partial charge in [0.1, 0.15) is 12.6 Å². The number of carbonyl (C=O) groups is 3. The molecule has 0 aromatic heterocycles. The zero-order valence-corrected chi connectivity index (χ0v) is 12.9. The number of hydrogen-bond acceptors (Lipinski definition) is 5. The summed E-state index contributed by atoms with van der Waals surface area (Å²) in [5.74, 6) is -1.03. The number of aliphatic hydroxyl groups is 1. The standard InChI is InChI=1S/C15H21N3O5/c1-2-16-13(20)8-17-14(21)12(9-19)18-15(22)23-10-11-6-4-3-5-7-11/h3-7,12,19H,2,8-10H2,1H3,(H,16,20)(H,17,21)(H,18,22). The molecule has 1 unspecified atom stereocenters. The van der Waals surface area contributed by atoms with E-state index in [1.54, 1.807) is 19.1 Å². The van der Waals surface area contributed by atoms with Gasteiger partial charge < -0.3 is 25.8 Å². The van der Waals surface area contributed by atoms with Crippen LogP contribution in [0.15, 0.2) is 30.3 Å². The van der Waals surface area contributed by atoms with Crippen molar-refractivity contribution in [2.75, 3.05) is 19.7 Å². The van der Waals surface area contributed by atoms with Gasteiger partial charge in [0.05, 0.1) is 13.2 Å². The van der Waals surface area contributed by atoms with Gasteiger partial charge in [0.2, 0.25) is 11.8 Å². The molecule has 0 saturated heterocycles. The summed E-state index contributed by atoms with van der Waals surface area (Å²) in [6.45, 7) is 1.40. The molecule has 1 aromatic rings. The van der Waals surface area contributed by atoms with Crippen molar-refractivity contribution in [3.63, 3.8) is 0 Å². The second kappa shape index (κ2) is 10.2. The van der Waals surface area contributed by atoms with Crippen molar-refractivity contribution < 1.29 is 24.2 Å². The zero-order valence-electron chi connectivity index (χ0n) is 12.9. The van der Waals surface area contributed by atoms with E-state index in [1.807, 2.05) is 18.2 Å². The molecule has 0 fully saturated rings. The van der Waals surface area contributed by atoms with Crippen LogP contribution in [0.2, 0.25) is 0 Å². The first kappa shape index (κ1) is 18.4. The van der Waals surface area contributed by atoms with Crippen molar-refractivity contribution in [2.45, 2.75) is 19.6 Å². The van der Waals surface area contributed by atoms with E-state index in [-0.39, 0.29) is 19.1 Å². The summed E-state index contributed by atoms with van der Waals surface area (Å²) in [5.41, 5.74) is 0.795. The third kappa shape index (κ3) is 7.28. The minimum atomic E-state index is -1.19. The maximum atomic E-state index is 11.8. The van der Waals surface area contributed by atoms with Crippen molar-refractivity contribution in [3.05, 3.63) is 35.9 Å². The third-order valence-electron chi connectivity index (χ3n) is 2.80. The molecule has 4 N–H and O–H groups in total. The highest BCUT2D eigenvalue weighted by molar-refractivity contribution is 5.89. The van der Waals surface area contributed by atoms with E-state index >= 15 is 0 Å². The molecule has 0 bridgehead atoms. The zero-order chi connectivity index (χ0) is 17.1. The third-order valence-corrected chi connectivity index (χ3v) is 2.80. The van der Waals surface area contributed by atoms with Gasteiger partial charge in [0.25, 0.3) is 0 Å². The molecule has 0 saturated carbocycles. The average Bonchev–Trinajstić information content (AvgIpc) is 2.57. The molecule has 3 amide bonds. The van der Waals surface area contributed by atoms with Crippen LogP contribution in [-0.4, -0.2) is 48.8 Å². The molecule has 8 nitrogen and oxygen atoms in total. The fraction of sp³-hybridized carbons (Fsp3) is 0.400. The van der Waals surface area contributed by atoms with Gasteiger partial charge >= 0.3 is 6.09 Å². The summed E-state index contributed by atoms with van der Waals surface area (Å²) < 4.78 is 4.95. The van der Waals surface area contributed by atoms with E-state index in [1.165, 1.54) is 0 Å². The second-order valence-electron chi connectivity index (χ2n) is 4.61. The predicted molar refractivity (Wildman–Crippen MR) is 82.3 cm³/mol. The SMILES string of the molecule is CCNC(=O)CNC(=O)C(CO)NC(=O)OCc1ccccc1. The van der Waals surface area contributed by atoms with Crippen LogP contribution in [0.5, 0.6) is 0 Å². The van der Waals surface area contributed by atoms with Crippen molar-refractivity contribution in [1.82, 2.24) is 16.0 Å². The Hall–Kier alpha value is -2.61. The number of aliphatic hydroxyl groups excluding tert-OH is 1. The average molecular weight is 323 g/mol. The molecule has 0 aliphatic carbocycles. The largest absolute Gasteiger partial charge is 0.445 e. The molecule has 1 atom stereocenters. The molecule has 126 valence electrons. The van der Waals surface area contributed by atoms with Gasteiger partial charge in [-0.2, -0.15) is 0 Å². The molecule has 1 aromatic carbocycles. The molecule has 23 heavy (non-hydrogen) atoms. The number of likely N-dealkylation sites (N-methyl/N-ethyl adjacent to an activating group) is 1. The number of amides is 3. The highest BCUT2D eigenvalue weighted by atomic mass is 16.5. The van der Waals surface area contributed by atoms with Crippen molar-refractivity contribution in [3.8, 4) is 0 Å². The lowest BCUT2D eigenvalue weighted by Crippen LogP contribution is -2.50. The quantitative estimate of drug-likeness (QED) is 0.516. The van der Waals surface area contributed by atoms with Gasteiger partial charge in [-0.3, -0.25) is 9.59 Å². The molecule has 0 heterocycles. The van der Waals surface area contributed by atoms with Crippen LogP contribution >= 0.6 is 0 Å². The number of alkyl carbamates (subject to hydrolysis) is 1. The molecule has 0 aliphatic rings. The van der Waals surface area contributed by atoms with Crippen LogP contribution in [0, 0.1) is 0 Å². The first-order valence-corrected chi connectivity index (χ1v) is 7.19. The van der Waals surface area contributed by atoms with Gasteiger partial charge in [0, 0.05) is 6.54 Å². The number of rotatable bonds is 8. The summed E-state index contributed by atoms with van der Waals surface area (Å²) >= 11 is 0. The molecular formula is C15H21N3O5. The number of carbonyl (C=O) groups excluding carboxylic acids is 3.